The van der Waals surface area contributed by atoms with Gasteiger partial charge in [-0.05, 0) is 30.7 Å². The minimum atomic E-state index is -0.308. The fraction of sp³-hybridized carbons (Fsp3) is 0.167. The van der Waals surface area contributed by atoms with E-state index in [0.717, 1.165) is 10.0 Å². The molecule has 0 saturated carbocycles. The van der Waals surface area contributed by atoms with Crippen molar-refractivity contribution in [2.75, 3.05) is 0 Å². The molecule has 0 spiro atoms. The van der Waals surface area contributed by atoms with Crippen molar-refractivity contribution in [2.24, 2.45) is 7.05 Å². The molecule has 1 amide bonds. The smallest absolute Gasteiger partial charge is 0.274 e. The number of rotatable bonds is 3. The molecule has 0 bridgehead atoms. The Morgan fingerprint density at radius 3 is 2.42 bits per heavy atom. The fourth-order valence-electron chi connectivity index (χ4n) is 2.57. The molecule has 2 aromatic carbocycles. The van der Waals surface area contributed by atoms with E-state index in [1.165, 1.54) is 4.68 Å². The molecule has 6 heteroatoms. The van der Waals surface area contributed by atoms with Crippen LogP contribution in [0, 0.1) is 0 Å². The van der Waals surface area contributed by atoms with Crippen molar-refractivity contribution in [3.05, 3.63) is 74.6 Å². The van der Waals surface area contributed by atoms with Crippen molar-refractivity contribution in [3.63, 3.8) is 0 Å². The second-order valence-electron chi connectivity index (χ2n) is 5.57. The van der Waals surface area contributed by atoms with Crippen molar-refractivity contribution >= 4 is 32.6 Å². The van der Waals surface area contributed by atoms with Gasteiger partial charge in [-0.1, -0.05) is 46.3 Å². The van der Waals surface area contributed by atoms with E-state index in [4.69, 9.17) is 0 Å². The van der Waals surface area contributed by atoms with Crippen molar-refractivity contribution < 1.29 is 4.79 Å². The minimum absolute atomic E-state index is 0.177. The van der Waals surface area contributed by atoms with E-state index < -0.39 is 0 Å². The summed E-state index contributed by atoms with van der Waals surface area (Å²) in [7, 11) is 1.55. The molecule has 1 N–H and O–H groups in total. The number of aryl methyl sites for hydroxylation is 1. The molecule has 0 unspecified atom stereocenters. The monoisotopic (exact) mass is 385 g/mol. The van der Waals surface area contributed by atoms with Crippen molar-refractivity contribution in [1.82, 2.24) is 15.1 Å². The van der Waals surface area contributed by atoms with Gasteiger partial charge < -0.3 is 5.32 Å². The van der Waals surface area contributed by atoms with Crippen LogP contribution in [-0.4, -0.2) is 15.7 Å². The third kappa shape index (κ3) is 3.10. The number of halogens is 1. The second-order valence-corrected chi connectivity index (χ2v) is 6.49. The molecule has 0 fully saturated rings. The first kappa shape index (κ1) is 16.4. The zero-order valence-electron chi connectivity index (χ0n) is 13.3. The van der Waals surface area contributed by atoms with Gasteiger partial charge in [0.15, 0.2) is 5.69 Å². The molecule has 1 atom stereocenters. The summed E-state index contributed by atoms with van der Waals surface area (Å²) in [6.07, 6.45) is 0. The van der Waals surface area contributed by atoms with Gasteiger partial charge in [-0.2, -0.15) is 5.10 Å². The summed E-state index contributed by atoms with van der Waals surface area (Å²) in [6, 6.07) is 14.6. The third-order valence-corrected chi connectivity index (χ3v) is 4.42. The SMILES string of the molecule is C[C@H](NC(=O)c1nn(C)c(=O)c2ccccc12)c1ccc(Br)cc1. The van der Waals surface area contributed by atoms with Crippen LogP contribution in [-0.2, 0) is 7.05 Å². The molecule has 0 aliphatic carbocycles. The molecule has 0 saturated heterocycles. The highest BCUT2D eigenvalue weighted by molar-refractivity contribution is 9.10. The highest BCUT2D eigenvalue weighted by Gasteiger charge is 2.17. The summed E-state index contributed by atoms with van der Waals surface area (Å²) >= 11 is 3.39. The van der Waals surface area contributed by atoms with Crippen LogP contribution >= 0.6 is 15.9 Å². The van der Waals surface area contributed by atoms with Crippen molar-refractivity contribution in [3.8, 4) is 0 Å². The van der Waals surface area contributed by atoms with E-state index >= 15 is 0 Å². The number of benzene rings is 2. The van der Waals surface area contributed by atoms with E-state index in [2.05, 4.69) is 26.3 Å². The highest BCUT2D eigenvalue weighted by Crippen LogP contribution is 2.18. The first-order valence-electron chi connectivity index (χ1n) is 7.50. The van der Waals surface area contributed by atoms with Crippen LogP contribution in [0.15, 0.2) is 57.8 Å². The quantitative estimate of drug-likeness (QED) is 0.752. The van der Waals surface area contributed by atoms with Crippen LogP contribution in [0.25, 0.3) is 10.8 Å². The van der Waals surface area contributed by atoms with Gasteiger partial charge >= 0.3 is 0 Å². The first-order valence-corrected chi connectivity index (χ1v) is 8.29. The first-order chi connectivity index (χ1) is 11.5. The predicted molar refractivity (Wildman–Crippen MR) is 97.0 cm³/mol. The van der Waals surface area contributed by atoms with Crippen LogP contribution in [0.4, 0.5) is 0 Å². The van der Waals surface area contributed by atoms with Crippen LogP contribution in [0.3, 0.4) is 0 Å². The third-order valence-electron chi connectivity index (χ3n) is 3.89. The Balaban J connectivity index is 1.96. The molecule has 1 heterocycles. The van der Waals surface area contributed by atoms with Gasteiger partial charge in [-0.25, -0.2) is 4.68 Å². The number of carbonyl (C=O) groups is 1. The highest BCUT2D eigenvalue weighted by atomic mass is 79.9. The molecule has 3 aromatic rings. The molecular formula is C18H16BrN3O2. The lowest BCUT2D eigenvalue weighted by atomic mass is 10.1. The van der Waals surface area contributed by atoms with Crippen LogP contribution in [0.5, 0.6) is 0 Å². The van der Waals surface area contributed by atoms with E-state index in [1.54, 1.807) is 31.3 Å². The Kier molecular flexibility index (Phi) is 4.49. The van der Waals surface area contributed by atoms with E-state index in [1.807, 2.05) is 31.2 Å². The van der Waals surface area contributed by atoms with Crippen LogP contribution < -0.4 is 10.9 Å². The summed E-state index contributed by atoms with van der Waals surface area (Å²) in [5.74, 6) is -0.308. The summed E-state index contributed by atoms with van der Waals surface area (Å²) in [5, 5.41) is 8.12. The number of hydrogen-bond donors (Lipinski definition) is 1. The van der Waals surface area contributed by atoms with Gasteiger partial charge in [0.25, 0.3) is 11.5 Å². The molecule has 122 valence electrons. The number of nitrogens with one attached hydrogen (secondary N) is 1. The Labute approximate surface area is 147 Å². The zero-order valence-corrected chi connectivity index (χ0v) is 14.9. The van der Waals surface area contributed by atoms with Gasteiger partial charge in [0.1, 0.15) is 0 Å². The maximum atomic E-state index is 12.7. The standard InChI is InChI=1S/C18H16BrN3O2/c1-11(12-7-9-13(19)10-8-12)20-17(23)16-14-5-3-4-6-15(14)18(24)22(2)21-16/h3-11H,1-2H3,(H,20,23)/t11-/m0/s1. The van der Waals surface area contributed by atoms with E-state index in [-0.39, 0.29) is 23.2 Å². The molecule has 5 nitrogen and oxygen atoms in total. The Hall–Kier alpha value is -2.47. The summed E-state index contributed by atoms with van der Waals surface area (Å²) in [4.78, 5) is 24.8. The fourth-order valence-corrected chi connectivity index (χ4v) is 2.83. The van der Waals surface area contributed by atoms with E-state index in [9.17, 15) is 9.59 Å². The molecule has 0 radical (unpaired) electrons. The van der Waals surface area contributed by atoms with Gasteiger partial charge in [-0.3, -0.25) is 9.59 Å². The molecule has 0 aliphatic heterocycles. The summed E-state index contributed by atoms with van der Waals surface area (Å²) in [6.45, 7) is 1.91. The molecule has 3 rings (SSSR count). The Morgan fingerprint density at radius 1 is 1.12 bits per heavy atom. The number of fused-ring (bicyclic) bond motifs is 1. The molecular weight excluding hydrogens is 370 g/mol. The predicted octanol–water partition coefficient (Wildman–Crippen LogP) is 3.19. The number of amides is 1. The molecule has 0 aliphatic rings. The lowest BCUT2D eigenvalue weighted by Gasteiger charge is -2.15. The number of carbonyl (C=O) groups excluding carboxylic acids is 1. The topological polar surface area (TPSA) is 64.0 Å². The Morgan fingerprint density at radius 2 is 1.75 bits per heavy atom. The number of hydrogen-bond acceptors (Lipinski definition) is 3. The summed E-state index contributed by atoms with van der Waals surface area (Å²) < 4.78 is 2.18. The molecule has 1 aromatic heterocycles. The van der Waals surface area contributed by atoms with Crippen molar-refractivity contribution in [2.45, 2.75) is 13.0 Å². The normalized spacial score (nSPS) is 12.1. The number of aromatic nitrogens is 2. The Bertz CT molecular complexity index is 964. The summed E-state index contributed by atoms with van der Waals surface area (Å²) in [5.41, 5.74) is 1.01. The van der Waals surface area contributed by atoms with Gasteiger partial charge in [0.05, 0.1) is 11.4 Å². The van der Waals surface area contributed by atoms with Crippen molar-refractivity contribution in [1.29, 1.82) is 0 Å². The van der Waals surface area contributed by atoms with Gasteiger partial charge in [-0.15, -0.1) is 0 Å². The zero-order chi connectivity index (χ0) is 17.3. The maximum absolute atomic E-state index is 12.7. The minimum Gasteiger partial charge on any atom is -0.344 e. The van der Waals surface area contributed by atoms with Crippen LogP contribution in [0.2, 0.25) is 0 Å². The van der Waals surface area contributed by atoms with Gasteiger partial charge in [0, 0.05) is 16.9 Å². The molecule has 24 heavy (non-hydrogen) atoms. The van der Waals surface area contributed by atoms with Crippen LogP contribution in [0.1, 0.15) is 29.0 Å². The van der Waals surface area contributed by atoms with E-state index in [0.29, 0.717) is 10.8 Å². The maximum Gasteiger partial charge on any atom is 0.274 e. The lowest BCUT2D eigenvalue weighted by molar-refractivity contribution is 0.0934. The second kappa shape index (κ2) is 6.57. The average Bonchev–Trinajstić information content (AvgIpc) is 2.58. The largest absolute Gasteiger partial charge is 0.344 e. The van der Waals surface area contributed by atoms with Gasteiger partial charge in [0.2, 0.25) is 0 Å². The number of nitrogens with zero attached hydrogens (tertiary/aromatic N) is 2. The average molecular weight is 386 g/mol. The lowest BCUT2D eigenvalue weighted by Crippen LogP contribution is -2.31.